The molecule has 1 unspecified atom stereocenters. The Balaban J connectivity index is 2.93. The zero-order valence-corrected chi connectivity index (χ0v) is 13.2. The average Bonchev–Trinajstić information content (AvgIpc) is 2.46. The number of hydrogen-bond acceptors (Lipinski definition) is 2. The molecule has 1 aromatic rings. The monoisotopic (exact) mass is 301 g/mol. The predicted molar refractivity (Wildman–Crippen MR) is 76.3 cm³/mol. The Hall–Kier alpha value is -0.350. The quantitative estimate of drug-likeness (QED) is 0.875. The van der Waals surface area contributed by atoms with E-state index in [4.69, 9.17) is 0 Å². The van der Waals surface area contributed by atoms with E-state index < -0.39 is 0 Å². The van der Waals surface area contributed by atoms with Gasteiger partial charge in [0.2, 0.25) is 0 Å². The summed E-state index contributed by atoms with van der Waals surface area (Å²) in [5.41, 5.74) is 2.67. The summed E-state index contributed by atoms with van der Waals surface area (Å²) in [5, 5.41) is 7.78. The summed E-state index contributed by atoms with van der Waals surface area (Å²) >= 11 is 3.65. The summed E-state index contributed by atoms with van der Waals surface area (Å²) in [6.07, 6.45) is 3.50. The second-order valence-electron chi connectivity index (χ2n) is 5.24. The predicted octanol–water partition coefficient (Wildman–Crippen LogP) is 3.06. The minimum atomic E-state index is 0.298. The van der Waals surface area contributed by atoms with Gasteiger partial charge in [0.1, 0.15) is 0 Å². The van der Waals surface area contributed by atoms with Crippen LogP contribution in [0, 0.1) is 12.3 Å². The zero-order chi connectivity index (χ0) is 13.1. The van der Waals surface area contributed by atoms with Gasteiger partial charge >= 0.3 is 0 Å². The van der Waals surface area contributed by atoms with Gasteiger partial charge < -0.3 is 5.32 Å². The summed E-state index contributed by atoms with van der Waals surface area (Å²) < 4.78 is 3.17. The highest BCUT2D eigenvalue weighted by Crippen LogP contribution is 2.31. The van der Waals surface area contributed by atoms with Crippen molar-refractivity contribution in [3.8, 4) is 0 Å². The van der Waals surface area contributed by atoms with Crippen LogP contribution in [0.4, 0.5) is 0 Å². The lowest BCUT2D eigenvalue weighted by atomic mass is 9.81. The summed E-state index contributed by atoms with van der Waals surface area (Å²) in [7, 11) is 4.05. The Morgan fingerprint density at radius 3 is 2.53 bits per heavy atom. The highest BCUT2D eigenvalue weighted by Gasteiger charge is 2.26. The van der Waals surface area contributed by atoms with E-state index in [1.807, 2.05) is 25.7 Å². The second kappa shape index (κ2) is 6.01. The molecule has 0 spiro atoms. The SMILES string of the molecule is CCCC(C)(CNC)Cc1c(Br)c(C)nn1C. The van der Waals surface area contributed by atoms with Crippen LogP contribution in [0.1, 0.15) is 38.1 Å². The number of hydrogen-bond donors (Lipinski definition) is 1. The molecule has 1 rings (SSSR count). The van der Waals surface area contributed by atoms with Crippen molar-refractivity contribution >= 4 is 15.9 Å². The maximum atomic E-state index is 4.46. The minimum Gasteiger partial charge on any atom is -0.319 e. The Labute approximate surface area is 113 Å². The minimum absolute atomic E-state index is 0.298. The Kier molecular flexibility index (Phi) is 5.20. The van der Waals surface area contributed by atoms with Crippen LogP contribution in [-0.2, 0) is 13.5 Å². The molecule has 17 heavy (non-hydrogen) atoms. The zero-order valence-electron chi connectivity index (χ0n) is 11.6. The molecule has 1 heterocycles. The first-order chi connectivity index (χ1) is 7.93. The Morgan fingerprint density at radius 1 is 1.47 bits per heavy atom. The van der Waals surface area contributed by atoms with Crippen LogP contribution < -0.4 is 5.32 Å². The first-order valence-electron chi connectivity index (χ1n) is 6.26. The molecular formula is C13H24BrN3. The van der Waals surface area contributed by atoms with Crippen LogP contribution in [0.25, 0.3) is 0 Å². The molecule has 4 heteroatoms. The maximum Gasteiger partial charge on any atom is 0.0738 e. The number of halogens is 1. The molecule has 0 bridgehead atoms. The molecule has 1 atom stereocenters. The van der Waals surface area contributed by atoms with Crippen molar-refractivity contribution in [2.24, 2.45) is 12.5 Å². The van der Waals surface area contributed by atoms with Gasteiger partial charge in [0.25, 0.3) is 0 Å². The lowest BCUT2D eigenvalue weighted by Gasteiger charge is -2.29. The lowest BCUT2D eigenvalue weighted by Crippen LogP contribution is -2.32. The lowest BCUT2D eigenvalue weighted by molar-refractivity contribution is 0.276. The molecule has 0 saturated carbocycles. The first-order valence-corrected chi connectivity index (χ1v) is 7.05. The van der Waals surface area contributed by atoms with E-state index in [2.05, 4.69) is 40.2 Å². The molecule has 3 nitrogen and oxygen atoms in total. The van der Waals surface area contributed by atoms with Gasteiger partial charge in [0, 0.05) is 13.6 Å². The van der Waals surface area contributed by atoms with Gasteiger partial charge in [-0.3, -0.25) is 4.68 Å². The maximum absolute atomic E-state index is 4.46. The van der Waals surface area contributed by atoms with Crippen molar-refractivity contribution in [2.45, 2.75) is 40.0 Å². The summed E-state index contributed by atoms with van der Waals surface area (Å²) in [6, 6.07) is 0. The summed E-state index contributed by atoms with van der Waals surface area (Å²) in [6.45, 7) is 7.68. The van der Waals surface area contributed by atoms with Crippen LogP contribution >= 0.6 is 15.9 Å². The van der Waals surface area contributed by atoms with Crippen molar-refractivity contribution in [2.75, 3.05) is 13.6 Å². The Bertz CT molecular complexity index is 365. The molecule has 1 aromatic heterocycles. The number of rotatable bonds is 6. The van der Waals surface area contributed by atoms with E-state index in [9.17, 15) is 0 Å². The van der Waals surface area contributed by atoms with Gasteiger partial charge in [0.05, 0.1) is 15.9 Å². The molecule has 0 aliphatic heterocycles. The second-order valence-corrected chi connectivity index (χ2v) is 6.03. The van der Waals surface area contributed by atoms with Crippen molar-refractivity contribution in [3.05, 3.63) is 15.9 Å². The van der Waals surface area contributed by atoms with Gasteiger partial charge in [0.15, 0.2) is 0 Å². The fraction of sp³-hybridized carbons (Fsp3) is 0.769. The van der Waals surface area contributed by atoms with Crippen LogP contribution in [0.2, 0.25) is 0 Å². The van der Waals surface area contributed by atoms with Crippen LogP contribution in [-0.4, -0.2) is 23.4 Å². The highest BCUT2D eigenvalue weighted by atomic mass is 79.9. The van der Waals surface area contributed by atoms with E-state index in [0.717, 1.165) is 18.7 Å². The Morgan fingerprint density at radius 2 is 2.12 bits per heavy atom. The van der Waals surface area contributed by atoms with Gasteiger partial charge in [-0.25, -0.2) is 0 Å². The molecule has 0 aliphatic rings. The summed E-state index contributed by atoms with van der Waals surface area (Å²) in [4.78, 5) is 0. The van der Waals surface area contributed by atoms with E-state index >= 15 is 0 Å². The van der Waals surface area contributed by atoms with Crippen molar-refractivity contribution in [3.63, 3.8) is 0 Å². The molecule has 0 aromatic carbocycles. The fourth-order valence-electron chi connectivity index (χ4n) is 2.55. The third-order valence-electron chi connectivity index (χ3n) is 3.31. The van der Waals surface area contributed by atoms with Crippen LogP contribution in [0.15, 0.2) is 4.47 Å². The average molecular weight is 302 g/mol. The van der Waals surface area contributed by atoms with Crippen molar-refractivity contribution < 1.29 is 0 Å². The van der Waals surface area contributed by atoms with Crippen LogP contribution in [0.3, 0.4) is 0 Å². The topological polar surface area (TPSA) is 29.9 Å². The largest absolute Gasteiger partial charge is 0.319 e. The highest BCUT2D eigenvalue weighted by molar-refractivity contribution is 9.10. The van der Waals surface area contributed by atoms with Gasteiger partial charge in [-0.05, 0) is 48.2 Å². The van der Waals surface area contributed by atoms with Gasteiger partial charge in [-0.2, -0.15) is 5.10 Å². The molecule has 0 radical (unpaired) electrons. The molecule has 98 valence electrons. The fourth-order valence-corrected chi connectivity index (χ4v) is 3.02. The van der Waals surface area contributed by atoms with Crippen molar-refractivity contribution in [1.82, 2.24) is 15.1 Å². The van der Waals surface area contributed by atoms with E-state index in [1.54, 1.807) is 0 Å². The standard InChI is InChI=1S/C13H24BrN3/c1-6-7-13(3,9-15-4)8-11-12(14)10(2)16-17(11)5/h15H,6-9H2,1-5H3. The van der Waals surface area contributed by atoms with Gasteiger partial charge in [-0.1, -0.05) is 20.3 Å². The normalized spacial score (nSPS) is 14.9. The molecule has 0 saturated heterocycles. The molecule has 0 amide bonds. The smallest absolute Gasteiger partial charge is 0.0738 e. The third-order valence-corrected chi connectivity index (χ3v) is 4.34. The van der Waals surface area contributed by atoms with E-state index in [1.165, 1.54) is 23.0 Å². The molecular weight excluding hydrogens is 278 g/mol. The number of nitrogens with zero attached hydrogens (tertiary/aromatic N) is 2. The van der Waals surface area contributed by atoms with Crippen molar-refractivity contribution in [1.29, 1.82) is 0 Å². The van der Waals surface area contributed by atoms with E-state index in [-0.39, 0.29) is 0 Å². The number of aromatic nitrogens is 2. The molecule has 1 N–H and O–H groups in total. The molecule has 0 aliphatic carbocycles. The third kappa shape index (κ3) is 3.55. The summed E-state index contributed by atoms with van der Waals surface area (Å²) in [5.74, 6) is 0. The van der Waals surface area contributed by atoms with Gasteiger partial charge in [-0.15, -0.1) is 0 Å². The first kappa shape index (κ1) is 14.7. The molecule has 0 fully saturated rings. The van der Waals surface area contributed by atoms with Crippen LogP contribution in [0.5, 0.6) is 0 Å². The van der Waals surface area contributed by atoms with E-state index in [0.29, 0.717) is 5.41 Å². The number of aryl methyl sites for hydroxylation is 2. The number of nitrogens with one attached hydrogen (secondary N) is 1.